The van der Waals surface area contributed by atoms with Gasteiger partial charge in [-0.3, -0.25) is 15.0 Å². The van der Waals surface area contributed by atoms with Crippen molar-refractivity contribution in [1.29, 1.82) is 0 Å². The zero-order valence-electron chi connectivity index (χ0n) is 11.2. The highest BCUT2D eigenvalue weighted by Gasteiger charge is 2.24. The Balaban J connectivity index is 2.44. The average Bonchev–Trinajstić information content (AvgIpc) is 2.40. The molecule has 110 valence electrons. The summed E-state index contributed by atoms with van der Waals surface area (Å²) >= 11 is 0. The van der Waals surface area contributed by atoms with Gasteiger partial charge in [-0.1, -0.05) is 0 Å². The topological polar surface area (TPSA) is 96.4 Å². The van der Waals surface area contributed by atoms with Gasteiger partial charge in [0.1, 0.15) is 0 Å². The maximum absolute atomic E-state index is 11.8. The van der Waals surface area contributed by atoms with Crippen molar-refractivity contribution in [2.75, 3.05) is 59.5 Å². The van der Waals surface area contributed by atoms with Crippen LogP contribution >= 0.6 is 0 Å². The molecule has 3 N–H and O–H groups in total. The summed E-state index contributed by atoms with van der Waals surface area (Å²) in [4.78, 5) is 26.8. The predicted octanol–water partition coefficient (Wildman–Crippen LogP) is -2.92. The number of likely N-dealkylation sites (N-methyl/N-ethyl adjacent to an activating group) is 1. The van der Waals surface area contributed by atoms with Crippen LogP contribution in [0.4, 0.5) is 0 Å². The molecule has 2 amide bonds. The Bertz CT molecular complexity index is 299. The molecule has 0 spiro atoms. The fourth-order valence-corrected chi connectivity index (χ4v) is 1.81. The minimum atomic E-state index is -0.734. The summed E-state index contributed by atoms with van der Waals surface area (Å²) in [7, 11) is 1.99. The zero-order valence-corrected chi connectivity index (χ0v) is 11.2. The fraction of sp³-hybridized carbons (Fsp3) is 0.818. The van der Waals surface area contributed by atoms with Crippen LogP contribution in [0.25, 0.3) is 0 Å². The van der Waals surface area contributed by atoms with Crippen LogP contribution in [0.15, 0.2) is 0 Å². The number of aliphatic hydroxyl groups is 2. The van der Waals surface area contributed by atoms with Crippen LogP contribution in [-0.2, 0) is 9.59 Å². The first kappa shape index (κ1) is 15.8. The van der Waals surface area contributed by atoms with Gasteiger partial charge in [0, 0.05) is 39.3 Å². The molecule has 0 aromatic heterocycles. The van der Waals surface area contributed by atoms with Gasteiger partial charge in [0.05, 0.1) is 13.2 Å². The molecule has 0 bridgehead atoms. The first-order valence-electron chi connectivity index (χ1n) is 6.33. The van der Waals surface area contributed by atoms with E-state index in [4.69, 9.17) is 10.2 Å². The number of hydrazine groups is 1. The summed E-state index contributed by atoms with van der Waals surface area (Å²) in [5.41, 5.74) is 2.55. The molecular weight excluding hydrogens is 252 g/mol. The van der Waals surface area contributed by atoms with E-state index < -0.39 is 11.8 Å². The van der Waals surface area contributed by atoms with E-state index in [2.05, 4.69) is 10.3 Å². The quantitative estimate of drug-likeness (QED) is 0.465. The summed E-state index contributed by atoms with van der Waals surface area (Å²) in [5, 5.41) is 19.3. The van der Waals surface area contributed by atoms with E-state index in [0.29, 0.717) is 13.1 Å². The normalized spacial score (nSPS) is 17.2. The average molecular weight is 274 g/mol. The molecule has 1 aliphatic heterocycles. The molecule has 0 radical (unpaired) electrons. The van der Waals surface area contributed by atoms with Gasteiger partial charge in [0.25, 0.3) is 0 Å². The van der Waals surface area contributed by atoms with Crippen molar-refractivity contribution in [1.82, 2.24) is 20.2 Å². The van der Waals surface area contributed by atoms with E-state index in [0.717, 1.165) is 18.0 Å². The summed E-state index contributed by atoms with van der Waals surface area (Å²) in [6.45, 7) is 2.56. The van der Waals surface area contributed by atoms with E-state index in [1.54, 1.807) is 5.01 Å². The molecule has 19 heavy (non-hydrogen) atoms. The highest BCUT2D eigenvalue weighted by Crippen LogP contribution is 1.96. The Hall–Kier alpha value is -1.22. The Kier molecular flexibility index (Phi) is 6.71. The van der Waals surface area contributed by atoms with Crippen molar-refractivity contribution in [3.8, 4) is 0 Å². The Labute approximate surface area is 112 Å². The fourth-order valence-electron chi connectivity index (χ4n) is 1.81. The molecule has 1 rings (SSSR count). The van der Waals surface area contributed by atoms with Gasteiger partial charge in [-0.05, 0) is 7.05 Å². The molecule has 0 aliphatic carbocycles. The van der Waals surface area contributed by atoms with E-state index in [1.165, 1.54) is 0 Å². The second-order valence-electron chi connectivity index (χ2n) is 4.47. The molecule has 8 heteroatoms. The van der Waals surface area contributed by atoms with Crippen LogP contribution in [-0.4, -0.2) is 96.4 Å². The van der Waals surface area contributed by atoms with Crippen molar-refractivity contribution in [2.45, 2.75) is 0 Å². The predicted molar refractivity (Wildman–Crippen MR) is 68.0 cm³/mol. The molecule has 0 aromatic rings. The van der Waals surface area contributed by atoms with E-state index in [-0.39, 0.29) is 26.3 Å². The van der Waals surface area contributed by atoms with Crippen LogP contribution < -0.4 is 5.43 Å². The number of hydrogen-bond donors (Lipinski definition) is 3. The van der Waals surface area contributed by atoms with Gasteiger partial charge in [-0.15, -0.1) is 0 Å². The summed E-state index contributed by atoms with van der Waals surface area (Å²) in [6, 6.07) is 0. The number of hydrogen-bond acceptors (Lipinski definition) is 6. The molecule has 0 unspecified atom stereocenters. The monoisotopic (exact) mass is 274 g/mol. The first-order chi connectivity index (χ1) is 9.08. The van der Waals surface area contributed by atoms with Crippen LogP contribution in [0.1, 0.15) is 0 Å². The van der Waals surface area contributed by atoms with Gasteiger partial charge in [-0.25, -0.2) is 5.01 Å². The largest absolute Gasteiger partial charge is 0.395 e. The van der Waals surface area contributed by atoms with Crippen molar-refractivity contribution >= 4 is 11.8 Å². The van der Waals surface area contributed by atoms with Crippen molar-refractivity contribution in [3.63, 3.8) is 0 Å². The highest BCUT2D eigenvalue weighted by atomic mass is 16.3. The number of aliphatic hydroxyl groups excluding tert-OH is 2. The number of nitrogens with one attached hydrogen (secondary N) is 1. The van der Waals surface area contributed by atoms with Gasteiger partial charge >= 0.3 is 11.8 Å². The number of rotatable bonds is 5. The summed E-state index contributed by atoms with van der Waals surface area (Å²) in [6.07, 6.45) is 0. The molecule has 0 aromatic carbocycles. The van der Waals surface area contributed by atoms with Crippen LogP contribution in [0, 0.1) is 0 Å². The molecule has 1 aliphatic rings. The molecular formula is C11H22N4O4. The van der Waals surface area contributed by atoms with E-state index in [9.17, 15) is 9.59 Å². The van der Waals surface area contributed by atoms with Crippen molar-refractivity contribution in [3.05, 3.63) is 0 Å². The molecule has 1 fully saturated rings. The van der Waals surface area contributed by atoms with Gasteiger partial charge < -0.3 is 20.0 Å². The lowest BCUT2D eigenvalue weighted by Crippen LogP contribution is -2.56. The number of carbonyl (C=O) groups is 2. The Morgan fingerprint density at radius 2 is 1.63 bits per heavy atom. The number of carbonyl (C=O) groups excluding carboxylic acids is 2. The number of nitrogens with zero attached hydrogens (tertiary/aromatic N) is 3. The molecule has 0 atom stereocenters. The second kappa shape index (κ2) is 8.05. The third kappa shape index (κ3) is 5.11. The summed E-state index contributed by atoms with van der Waals surface area (Å²) < 4.78 is 0. The SMILES string of the molecule is CN1CCN(NC(=O)C(=O)N(CCO)CCO)CC1. The number of amides is 2. The molecule has 1 heterocycles. The Morgan fingerprint density at radius 1 is 1.11 bits per heavy atom. The lowest BCUT2D eigenvalue weighted by atomic mass is 10.4. The van der Waals surface area contributed by atoms with Crippen LogP contribution in [0.5, 0.6) is 0 Å². The van der Waals surface area contributed by atoms with Crippen LogP contribution in [0.3, 0.4) is 0 Å². The van der Waals surface area contributed by atoms with Gasteiger partial charge in [-0.2, -0.15) is 0 Å². The van der Waals surface area contributed by atoms with Crippen molar-refractivity contribution < 1.29 is 19.8 Å². The third-order valence-electron chi connectivity index (χ3n) is 2.98. The second-order valence-corrected chi connectivity index (χ2v) is 4.47. The molecule has 1 saturated heterocycles. The molecule has 8 nitrogen and oxygen atoms in total. The van der Waals surface area contributed by atoms with Gasteiger partial charge in [0.2, 0.25) is 0 Å². The Morgan fingerprint density at radius 3 is 2.11 bits per heavy atom. The van der Waals surface area contributed by atoms with Crippen LogP contribution in [0.2, 0.25) is 0 Å². The van der Waals surface area contributed by atoms with Gasteiger partial charge in [0.15, 0.2) is 0 Å². The lowest BCUT2D eigenvalue weighted by molar-refractivity contribution is -0.149. The standard InChI is InChI=1S/C11H22N4O4/c1-13-2-4-15(5-3-13)12-10(18)11(19)14(6-8-16)7-9-17/h16-17H,2-9H2,1H3,(H,12,18). The van der Waals surface area contributed by atoms with E-state index in [1.807, 2.05) is 7.05 Å². The smallest absolute Gasteiger partial charge is 0.323 e. The summed E-state index contributed by atoms with van der Waals surface area (Å²) in [5.74, 6) is -1.46. The maximum Gasteiger partial charge on any atom is 0.323 e. The highest BCUT2D eigenvalue weighted by molar-refractivity contribution is 6.34. The number of piperazine rings is 1. The molecule has 0 saturated carbocycles. The third-order valence-corrected chi connectivity index (χ3v) is 2.98. The first-order valence-corrected chi connectivity index (χ1v) is 6.33. The minimum Gasteiger partial charge on any atom is -0.395 e. The van der Waals surface area contributed by atoms with Crippen molar-refractivity contribution in [2.24, 2.45) is 0 Å². The van der Waals surface area contributed by atoms with E-state index >= 15 is 0 Å². The minimum absolute atomic E-state index is 0.0373. The lowest BCUT2D eigenvalue weighted by Gasteiger charge is -2.32. The maximum atomic E-state index is 11.8. The zero-order chi connectivity index (χ0) is 14.3.